The van der Waals surface area contributed by atoms with Crippen LogP contribution in [-0.4, -0.2) is 48.2 Å². The summed E-state index contributed by atoms with van der Waals surface area (Å²) in [5, 5.41) is 14.6. The highest BCUT2D eigenvalue weighted by molar-refractivity contribution is 7.13. The quantitative estimate of drug-likeness (QED) is 0.729. The molecule has 0 aliphatic carbocycles. The number of carbonyl (C=O) groups is 1. The van der Waals surface area contributed by atoms with Crippen molar-refractivity contribution in [2.75, 3.05) is 26.2 Å². The molecule has 5 heteroatoms. The number of carbonyl (C=O) groups excluding carboxylic acids is 1. The second-order valence-corrected chi connectivity index (χ2v) is 7.91. The standard InChI is InChI=1S/C21H28N2O2S/c1-16-9-13-26-20(16)17-6-4-7-18(14-17)21(25)22-10-5-12-23-11-3-2-8-19(23)15-24/h4,6-7,9,13-14,19,24H,2-3,5,8,10-12,15H2,1H3,(H,22,25). The minimum absolute atomic E-state index is 0.0154. The molecule has 0 bridgehead atoms. The topological polar surface area (TPSA) is 52.6 Å². The van der Waals surface area contributed by atoms with Gasteiger partial charge in [-0.1, -0.05) is 18.6 Å². The lowest BCUT2D eigenvalue weighted by molar-refractivity contribution is 0.0868. The van der Waals surface area contributed by atoms with Crippen LogP contribution in [0.15, 0.2) is 35.7 Å². The molecule has 2 heterocycles. The van der Waals surface area contributed by atoms with Crippen LogP contribution in [0.5, 0.6) is 0 Å². The average Bonchev–Trinajstić information content (AvgIpc) is 3.11. The van der Waals surface area contributed by atoms with Crippen molar-refractivity contribution in [3.05, 3.63) is 46.8 Å². The molecule has 0 saturated carbocycles. The third kappa shape index (κ3) is 4.72. The van der Waals surface area contributed by atoms with E-state index < -0.39 is 0 Å². The van der Waals surface area contributed by atoms with Crippen LogP contribution in [0.2, 0.25) is 0 Å². The van der Waals surface area contributed by atoms with E-state index in [4.69, 9.17) is 0 Å². The van der Waals surface area contributed by atoms with Crippen molar-refractivity contribution < 1.29 is 9.90 Å². The molecule has 1 fully saturated rings. The Morgan fingerprint density at radius 1 is 1.35 bits per heavy atom. The molecule has 3 rings (SSSR count). The molecule has 26 heavy (non-hydrogen) atoms. The SMILES string of the molecule is Cc1ccsc1-c1cccc(C(=O)NCCCN2CCCCC2CO)c1. The fraction of sp³-hybridized carbons (Fsp3) is 0.476. The van der Waals surface area contributed by atoms with E-state index in [1.165, 1.54) is 23.3 Å². The lowest BCUT2D eigenvalue weighted by Gasteiger charge is -2.34. The van der Waals surface area contributed by atoms with Gasteiger partial charge < -0.3 is 10.4 Å². The maximum Gasteiger partial charge on any atom is 0.251 e. The Morgan fingerprint density at radius 3 is 3.00 bits per heavy atom. The fourth-order valence-corrected chi connectivity index (χ4v) is 4.54. The van der Waals surface area contributed by atoms with Crippen molar-refractivity contribution in [1.29, 1.82) is 0 Å². The zero-order chi connectivity index (χ0) is 18.4. The number of likely N-dealkylation sites (tertiary alicyclic amines) is 1. The number of aryl methyl sites for hydroxylation is 1. The number of aliphatic hydroxyl groups excluding tert-OH is 1. The van der Waals surface area contributed by atoms with Crippen LogP contribution in [0.1, 0.15) is 41.6 Å². The molecule has 0 radical (unpaired) electrons. The van der Waals surface area contributed by atoms with E-state index in [1.807, 2.05) is 18.2 Å². The van der Waals surface area contributed by atoms with E-state index in [1.54, 1.807) is 11.3 Å². The zero-order valence-corrected chi connectivity index (χ0v) is 16.2. The van der Waals surface area contributed by atoms with Crippen LogP contribution >= 0.6 is 11.3 Å². The van der Waals surface area contributed by atoms with Gasteiger partial charge in [0.05, 0.1) is 6.61 Å². The van der Waals surface area contributed by atoms with Crippen molar-refractivity contribution >= 4 is 17.2 Å². The van der Waals surface area contributed by atoms with Crippen molar-refractivity contribution in [2.45, 2.75) is 38.6 Å². The van der Waals surface area contributed by atoms with Gasteiger partial charge in [0.1, 0.15) is 0 Å². The highest BCUT2D eigenvalue weighted by atomic mass is 32.1. The molecule has 1 atom stereocenters. The normalized spacial score (nSPS) is 18.0. The molecule has 4 nitrogen and oxygen atoms in total. The molecular formula is C21H28N2O2S. The van der Waals surface area contributed by atoms with E-state index >= 15 is 0 Å². The number of nitrogens with one attached hydrogen (secondary N) is 1. The number of benzene rings is 1. The maximum atomic E-state index is 12.5. The fourth-order valence-electron chi connectivity index (χ4n) is 3.62. The Morgan fingerprint density at radius 2 is 2.23 bits per heavy atom. The molecule has 0 spiro atoms. The van der Waals surface area contributed by atoms with Crippen LogP contribution in [-0.2, 0) is 0 Å². The molecule has 2 N–H and O–H groups in total. The Kier molecular flexibility index (Phi) is 6.83. The van der Waals surface area contributed by atoms with E-state index in [0.717, 1.165) is 31.5 Å². The molecule has 1 aromatic heterocycles. The molecule has 1 aromatic carbocycles. The summed E-state index contributed by atoms with van der Waals surface area (Å²) >= 11 is 1.70. The average molecular weight is 373 g/mol. The predicted octanol–water partition coefficient (Wildman–Crippen LogP) is 3.69. The van der Waals surface area contributed by atoms with E-state index in [-0.39, 0.29) is 12.5 Å². The largest absolute Gasteiger partial charge is 0.395 e. The molecule has 1 aliphatic rings. The lowest BCUT2D eigenvalue weighted by atomic mass is 10.0. The van der Waals surface area contributed by atoms with Crippen LogP contribution in [0.25, 0.3) is 10.4 Å². The molecule has 1 amide bonds. The number of thiophene rings is 1. The summed E-state index contributed by atoms with van der Waals surface area (Å²) in [7, 11) is 0. The summed E-state index contributed by atoms with van der Waals surface area (Å²) in [6.07, 6.45) is 4.40. The molecule has 1 unspecified atom stereocenters. The van der Waals surface area contributed by atoms with Crippen molar-refractivity contribution in [3.63, 3.8) is 0 Å². The van der Waals surface area contributed by atoms with Crippen LogP contribution in [0, 0.1) is 6.92 Å². The summed E-state index contributed by atoms with van der Waals surface area (Å²) in [5.41, 5.74) is 3.05. The van der Waals surface area contributed by atoms with Gasteiger partial charge in [0.25, 0.3) is 5.91 Å². The Labute approximate surface area is 159 Å². The molecular weight excluding hydrogens is 344 g/mol. The Bertz CT molecular complexity index is 728. The summed E-state index contributed by atoms with van der Waals surface area (Å²) in [4.78, 5) is 16.0. The van der Waals surface area contributed by atoms with Gasteiger partial charge in [0, 0.05) is 29.6 Å². The molecule has 140 valence electrons. The second-order valence-electron chi connectivity index (χ2n) is 6.99. The van der Waals surface area contributed by atoms with Crippen LogP contribution in [0.3, 0.4) is 0 Å². The van der Waals surface area contributed by atoms with E-state index in [2.05, 4.69) is 34.7 Å². The Balaban J connectivity index is 1.50. The highest BCUT2D eigenvalue weighted by Crippen LogP contribution is 2.29. The van der Waals surface area contributed by atoms with Gasteiger partial charge >= 0.3 is 0 Å². The minimum atomic E-state index is -0.0154. The summed E-state index contributed by atoms with van der Waals surface area (Å²) in [6.45, 7) is 4.98. The molecule has 1 aliphatic heterocycles. The van der Waals surface area contributed by atoms with Gasteiger partial charge in [0.2, 0.25) is 0 Å². The number of hydrogen-bond acceptors (Lipinski definition) is 4. The van der Waals surface area contributed by atoms with Gasteiger partial charge in [-0.2, -0.15) is 0 Å². The van der Waals surface area contributed by atoms with E-state index in [9.17, 15) is 9.90 Å². The summed E-state index contributed by atoms with van der Waals surface area (Å²) < 4.78 is 0. The predicted molar refractivity (Wildman–Crippen MR) is 108 cm³/mol. The highest BCUT2D eigenvalue weighted by Gasteiger charge is 2.20. The monoisotopic (exact) mass is 372 g/mol. The number of hydrogen-bond donors (Lipinski definition) is 2. The van der Waals surface area contributed by atoms with Crippen molar-refractivity contribution in [1.82, 2.24) is 10.2 Å². The van der Waals surface area contributed by atoms with Gasteiger partial charge in [0.15, 0.2) is 0 Å². The first-order chi connectivity index (χ1) is 12.7. The number of amides is 1. The molecule has 1 saturated heterocycles. The number of nitrogens with zero attached hydrogens (tertiary/aromatic N) is 1. The third-order valence-corrected chi connectivity index (χ3v) is 6.18. The lowest BCUT2D eigenvalue weighted by Crippen LogP contribution is -2.43. The zero-order valence-electron chi connectivity index (χ0n) is 15.4. The van der Waals surface area contributed by atoms with Gasteiger partial charge in [-0.3, -0.25) is 9.69 Å². The van der Waals surface area contributed by atoms with Gasteiger partial charge in [-0.15, -0.1) is 11.3 Å². The summed E-state index contributed by atoms with van der Waals surface area (Å²) in [5.74, 6) is -0.0154. The smallest absolute Gasteiger partial charge is 0.251 e. The molecule has 2 aromatic rings. The number of aliphatic hydroxyl groups is 1. The first-order valence-electron chi connectivity index (χ1n) is 9.46. The second kappa shape index (κ2) is 9.31. The Hall–Kier alpha value is -1.69. The maximum absolute atomic E-state index is 12.5. The van der Waals surface area contributed by atoms with E-state index in [0.29, 0.717) is 18.2 Å². The first-order valence-corrected chi connectivity index (χ1v) is 10.3. The number of piperidine rings is 1. The van der Waals surface area contributed by atoms with Gasteiger partial charge in [-0.05, 0) is 67.4 Å². The van der Waals surface area contributed by atoms with Gasteiger partial charge in [-0.25, -0.2) is 0 Å². The minimum Gasteiger partial charge on any atom is -0.395 e. The van der Waals surface area contributed by atoms with Crippen molar-refractivity contribution in [2.24, 2.45) is 0 Å². The van der Waals surface area contributed by atoms with Crippen LogP contribution in [0.4, 0.5) is 0 Å². The van der Waals surface area contributed by atoms with Crippen molar-refractivity contribution in [3.8, 4) is 10.4 Å². The number of rotatable bonds is 7. The first kappa shape index (κ1) is 19.1. The third-order valence-electron chi connectivity index (χ3n) is 5.12. The summed E-state index contributed by atoms with van der Waals surface area (Å²) in [6, 6.07) is 10.2. The van der Waals surface area contributed by atoms with Crippen LogP contribution < -0.4 is 5.32 Å².